The first kappa shape index (κ1) is 14.7. The van der Waals surface area contributed by atoms with Gasteiger partial charge in [-0.25, -0.2) is 4.79 Å². The third-order valence-corrected chi connectivity index (χ3v) is 3.42. The van der Waals surface area contributed by atoms with Gasteiger partial charge < -0.3 is 19.3 Å². The lowest BCUT2D eigenvalue weighted by Gasteiger charge is -2.20. The Balaban J connectivity index is 1.64. The molecule has 0 atom stereocenters. The summed E-state index contributed by atoms with van der Waals surface area (Å²) in [4.78, 5) is 15.2. The molecule has 0 N–H and O–H groups in total. The lowest BCUT2D eigenvalue weighted by Crippen LogP contribution is -2.35. The summed E-state index contributed by atoms with van der Waals surface area (Å²) in [7, 11) is 2.03. The molecule has 2 rings (SSSR count). The van der Waals surface area contributed by atoms with Crippen LogP contribution in [0.15, 0.2) is 24.3 Å². The molecule has 0 aromatic heterocycles. The van der Waals surface area contributed by atoms with Crippen molar-refractivity contribution in [1.82, 2.24) is 9.80 Å². The minimum Gasteiger partial charge on any atom is -0.492 e. The Hall–Kier alpha value is -1.75. The van der Waals surface area contributed by atoms with Gasteiger partial charge in [-0.05, 0) is 25.6 Å². The number of amides is 1. The first-order valence-electron chi connectivity index (χ1n) is 6.95. The molecule has 1 aliphatic rings. The molecule has 1 aromatic rings. The van der Waals surface area contributed by atoms with Gasteiger partial charge in [-0.1, -0.05) is 18.2 Å². The van der Waals surface area contributed by atoms with Gasteiger partial charge in [0, 0.05) is 19.6 Å². The molecule has 1 aromatic carbocycles. The van der Waals surface area contributed by atoms with Crippen molar-refractivity contribution in [1.29, 1.82) is 0 Å². The number of hydrogen-bond donors (Lipinski definition) is 0. The van der Waals surface area contributed by atoms with Crippen LogP contribution in [0.5, 0.6) is 5.75 Å². The van der Waals surface area contributed by atoms with E-state index in [1.54, 1.807) is 4.90 Å². The van der Waals surface area contributed by atoms with Crippen LogP contribution in [-0.2, 0) is 4.74 Å². The Labute approximate surface area is 120 Å². The summed E-state index contributed by atoms with van der Waals surface area (Å²) in [5, 5.41) is 0. The number of carbonyl (C=O) groups is 1. The molecule has 1 heterocycles. The van der Waals surface area contributed by atoms with Crippen molar-refractivity contribution in [3.8, 4) is 5.75 Å². The number of carbonyl (C=O) groups excluding carboxylic acids is 1. The largest absolute Gasteiger partial charge is 0.492 e. The molecule has 0 spiro atoms. The Bertz CT molecular complexity index is 450. The van der Waals surface area contributed by atoms with Gasteiger partial charge in [0.05, 0.1) is 6.54 Å². The first-order chi connectivity index (χ1) is 9.66. The Morgan fingerprint density at radius 3 is 2.85 bits per heavy atom. The highest BCUT2D eigenvalue weighted by atomic mass is 16.6. The van der Waals surface area contributed by atoms with E-state index >= 15 is 0 Å². The van der Waals surface area contributed by atoms with Crippen molar-refractivity contribution >= 4 is 6.09 Å². The standard InChI is InChI=1S/C15H22N2O3/c1-13-5-3-4-6-14(13)19-11-9-16(2)7-8-17-10-12-20-15(17)18/h3-6H,7-12H2,1-2H3. The molecule has 20 heavy (non-hydrogen) atoms. The van der Waals surface area contributed by atoms with Crippen LogP contribution in [0.4, 0.5) is 4.79 Å². The third-order valence-electron chi connectivity index (χ3n) is 3.42. The van der Waals surface area contributed by atoms with E-state index in [9.17, 15) is 4.79 Å². The monoisotopic (exact) mass is 278 g/mol. The van der Waals surface area contributed by atoms with Crippen molar-refractivity contribution in [2.45, 2.75) is 6.92 Å². The van der Waals surface area contributed by atoms with E-state index < -0.39 is 0 Å². The van der Waals surface area contributed by atoms with Crippen LogP contribution in [0.2, 0.25) is 0 Å². The van der Waals surface area contributed by atoms with Gasteiger partial charge in [0.25, 0.3) is 0 Å². The minimum atomic E-state index is -0.199. The van der Waals surface area contributed by atoms with Gasteiger partial charge in [-0.15, -0.1) is 0 Å². The molecule has 1 fully saturated rings. The van der Waals surface area contributed by atoms with E-state index in [1.165, 1.54) is 0 Å². The number of hydrogen-bond acceptors (Lipinski definition) is 4. The predicted molar refractivity (Wildman–Crippen MR) is 77.1 cm³/mol. The topological polar surface area (TPSA) is 42.0 Å². The summed E-state index contributed by atoms with van der Waals surface area (Å²) in [6.45, 7) is 6.26. The Kier molecular flexibility index (Phi) is 5.24. The molecule has 0 aliphatic carbocycles. The maximum Gasteiger partial charge on any atom is 0.409 e. The molecule has 1 amide bonds. The molecule has 1 saturated heterocycles. The summed E-state index contributed by atoms with van der Waals surface area (Å²) in [6.07, 6.45) is -0.199. The number of benzene rings is 1. The summed E-state index contributed by atoms with van der Waals surface area (Å²) in [5.74, 6) is 0.934. The van der Waals surface area contributed by atoms with Crippen LogP contribution in [0.25, 0.3) is 0 Å². The van der Waals surface area contributed by atoms with Gasteiger partial charge in [0.15, 0.2) is 0 Å². The zero-order chi connectivity index (χ0) is 14.4. The van der Waals surface area contributed by atoms with Crippen LogP contribution in [0.1, 0.15) is 5.56 Å². The van der Waals surface area contributed by atoms with E-state index in [2.05, 4.69) is 4.90 Å². The quantitative estimate of drug-likeness (QED) is 0.762. The lowest BCUT2D eigenvalue weighted by atomic mass is 10.2. The van der Waals surface area contributed by atoms with Crippen molar-refractivity contribution in [3.05, 3.63) is 29.8 Å². The van der Waals surface area contributed by atoms with Crippen molar-refractivity contribution in [3.63, 3.8) is 0 Å². The number of aryl methyl sites for hydroxylation is 1. The number of rotatable bonds is 7. The lowest BCUT2D eigenvalue weighted by molar-refractivity contribution is 0.153. The number of para-hydroxylation sites is 1. The van der Waals surface area contributed by atoms with Crippen LogP contribution < -0.4 is 4.74 Å². The summed E-state index contributed by atoms with van der Waals surface area (Å²) in [5.41, 5.74) is 1.15. The molecular weight excluding hydrogens is 256 g/mol. The van der Waals surface area contributed by atoms with Gasteiger partial charge in [0.2, 0.25) is 0 Å². The Morgan fingerprint density at radius 1 is 1.35 bits per heavy atom. The zero-order valence-electron chi connectivity index (χ0n) is 12.2. The van der Waals surface area contributed by atoms with Gasteiger partial charge in [-0.3, -0.25) is 0 Å². The summed E-state index contributed by atoms with van der Waals surface area (Å²) < 4.78 is 10.6. The summed E-state index contributed by atoms with van der Waals surface area (Å²) in [6, 6.07) is 8.00. The molecule has 0 radical (unpaired) electrons. The molecule has 0 bridgehead atoms. The average molecular weight is 278 g/mol. The van der Waals surface area contributed by atoms with E-state index in [0.717, 1.165) is 24.4 Å². The van der Waals surface area contributed by atoms with Crippen LogP contribution >= 0.6 is 0 Å². The second kappa shape index (κ2) is 7.14. The van der Waals surface area contributed by atoms with Gasteiger partial charge in [0.1, 0.15) is 19.0 Å². The van der Waals surface area contributed by atoms with Crippen molar-refractivity contribution in [2.75, 3.05) is 46.4 Å². The highest BCUT2D eigenvalue weighted by Crippen LogP contribution is 2.15. The molecule has 5 heteroatoms. The fourth-order valence-corrected chi connectivity index (χ4v) is 2.06. The predicted octanol–water partition coefficient (Wildman–Crippen LogP) is 1.76. The molecular formula is C15H22N2O3. The summed E-state index contributed by atoms with van der Waals surface area (Å²) >= 11 is 0. The second-order valence-corrected chi connectivity index (χ2v) is 5.02. The van der Waals surface area contributed by atoms with Crippen molar-refractivity contribution in [2.24, 2.45) is 0 Å². The molecule has 1 aliphatic heterocycles. The maximum absolute atomic E-state index is 11.3. The molecule has 0 unspecified atom stereocenters. The van der Waals surface area contributed by atoms with Crippen molar-refractivity contribution < 1.29 is 14.3 Å². The van der Waals surface area contributed by atoms with Crippen LogP contribution in [0, 0.1) is 6.92 Å². The number of cyclic esters (lactones) is 1. The zero-order valence-corrected chi connectivity index (χ0v) is 12.2. The number of ether oxygens (including phenoxy) is 2. The Morgan fingerprint density at radius 2 is 2.15 bits per heavy atom. The first-order valence-corrected chi connectivity index (χ1v) is 6.95. The number of nitrogens with zero attached hydrogens (tertiary/aromatic N) is 2. The molecule has 5 nitrogen and oxygen atoms in total. The van der Waals surface area contributed by atoms with Crippen LogP contribution in [0.3, 0.4) is 0 Å². The molecule has 0 saturated carbocycles. The van der Waals surface area contributed by atoms with Crippen LogP contribution in [-0.4, -0.2) is 62.3 Å². The van der Waals surface area contributed by atoms with Gasteiger partial charge >= 0.3 is 6.09 Å². The van der Waals surface area contributed by atoms with E-state index in [4.69, 9.17) is 9.47 Å². The fourth-order valence-electron chi connectivity index (χ4n) is 2.06. The molecule has 110 valence electrons. The maximum atomic E-state index is 11.3. The second-order valence-electron chi connectivity index (χ2n) is 5.02. The van der Waals surface area contributed by atoms with E-state index in [0.29, 0.717) is 26.3 Å². The average Bonchev–Trinajstić information content (AvgIpc) is 2.84. The van der Waals surface area contributed by atoms with Gasteiger partial charge in [-0.2, -0.15) is 0 Å². The highest BCUT2D eigenvalue weighted by molar-refractivity contribution is 5.69. The fraction of sp³-hybridized carbons (Fsp3) is 0.533. The number of likely N-dealkylation sites (N-methyl/N-ethyl adjacent to an activating group) is 1. The van der Waals surface area contributed by atoms with E-state index in [-0.39, 0.29) is 6.09 Å². The SMILES string of the molecule is Cc1ccccc1OCCN(C)CCN1CCOC1=O. The third kappa shape index (κ3) is 4.13. The normalized spacial score (nSPS) is 14.8. The minimum absolute atomic E-state index is 0.199. The smallest absolute Gasteiger partial charge is 0.409 e. The van der Waals surface area contributed by atoms with E-state index in [1.807, 2.05) is 38.2 Å². The highest BCUT2D eigenvalue weighted by Gasteiger charge is 2.21.